The number of carboxylic acids is 1. The summed E-state index contributed by atoms with van der Waals surface area (Å²) in [5, 5.41) is 19.2. The molecule has 1 heterocycles. The standard InChI is InChI=1S/C12H11ClO5/c13-6-3-7-11(18-5-17-7)9(10(6)16)12(1-2-12)4-8(14)15/h3,16H,1-2,4-5H2,(H,14,15). The zero-order valence-corrected chi connectivity index (χ0v) is 10.2. The van der Waals surface area contributed by atoms with E-state index in [4.69, 9.17) is 26.2 Å². The van der Waals surface area contributed by atoms with Crippen molar-refractivity contribution in [2.45, 2.75) is 24.7 Å². The van der Waals surface area contributed by atoms with Crippen LogP contribution in [0.5, 0.6) is 17.2 Å². The smallest absolute Gasteiger partial charge is 0.304 e. The number of carbonyl (C=O) groups is 1. The Hall–Kier alpha value is -1.62. The van der Waals surface area contributed by atoms with Crippen molar-refractivity contribution in [3.05, 3.63) is 16.7 Å². The lowest BCUT2D eigenvalue weighted by atomic mass is 9.90. The van der Waals surface area contributed by atoms with Crippen molar-refractivity contribution < 1.29 is 24.5 Å². The van der Waals surface area contributed by atoms with E-state index in [1.165, 1.54) is 6.07 Å². The van der Waals surface area contributed by atoms with Crippen molar-refractivity contribution in [2.24, 2.45) is 0 Å². The average molecular weight is 271 g/mol. The van der Waals surface area contributed by atoms with Crippen molar-refractivity contribution in [3.8, 4) is 17.2 Å². The summed E-state index contributed by atoms with van der Waals surface area (Å²) >= 11 is 5.93. The largest absolute Gasteiger partial charge is 0.506 e. The Morgan fingerprint density at radius 1 is 1.44 bits per heavy atom. The average Bonchev–Trinajstić information content (AvgIpc) is 2.88. The summed E-state index contributed by atoms with van der Waals surface area (Å²) in [5.41, 5.74) is -0.0941. The Morgan fingerprint density at radius 2 is 2.17 bits per heavy atom. The molecule has 2 aliphatic rings. The quantitative estimate of drug-likeness (QED) is 0.881. The van der Waals surface area contributed by atoms with Crippen molar-refractivity contribution in [1.82, 2.24) is 0 Å². The van der Waals surface area contributed by atoms with E-state index in [0.29, 0.717) is 29.9 Å². The van der Waals surface area contributed by atoms with Gasteiger partial charge in [-0.05, 0) is 12.8 Å². The third-order valence-electron chi connectivity index (χ3n) is 3.46. The summed E-state index contributed by atoms with van der Waals surface area (Å²) < 4.78 is 10.6. The molecule has 18 heavy (non-hydrogen) atoms. The summed E-state index contributed by atoms with van der Waals surface area (Å²) in [6, 6.07) is 1.49. The number of aromatic hydroxyl groups is 1. The van der Waals surface area contributed by atoms with Crippen LogP contribution in [0.15, 0.2) is 6.07 Å². The van der Waals surface area contributed by atoms with Gasteiger partial charge in [0.15, 0.2) is 11.5 Å². The molecule has 1 saturated carbocycles. The maximum atomic E-state index is 10.9. The van der Waals surface area contributed by atoms with Gasteiger partial charge in [0, 0.05) is 17.0 Å². The molecule has 1 fully saturated rings. The van der Waals surface area contributed by atoms with Crippen molar-refractivity contribution in [1.29, 1.82) is 0 Å². The molecule has 2 N–H and O–H groups in total. The number of hydrogen-bond acceptors (Lipinski definition) is 4. The topological polar surface area (TPSA) is 76.0 Å². The number of hydrogen-bond donors (Lipinski definition) is 2. The fraction of sp³-hybridized carbons (Fsp3) is 0.417. The number of aliphatic carboxylic acids is 1. The number of phenolic OH excluding ortho intramolecular Hbond substituents is 1. The molecular weight excluding hydrogens is 260 g/mol. The molecule has 0 radical (unpaired) electrons. The van der Waals surface area contributed by atoms with Gasteiger partial charge in [0.25, 0.3) is 0 Å². The van der Waals surface area contributed by atoms with Gasteiger partial charge in [-0.1, -0.05) is 11.6 Å². The Kier molecular flexibility index (Phi) is 2.35. The van der Waals surface area contributed by atoms with Gasteiger partial charge >= 0.3 is 5.97 Å². The van der Waals surface area contributed by atoms with Crippen LogP contribution in [0, 0.1) is 0 Å². The van der Waals surface area contributed by atoms with E-state index in [1.54, 1.807) is 0 Å². The van der Waals surface area contributed by atoms with Gasteiger partial charge in [-0.3, -0.25) is 4.79 Å². The zero-order valence-electron chi connectivity index (χ0n) is 9.40. The van der Waals surface area contributed by atoms with Crippen molar-refractivity contribution in [2.75, 3.05) is 6.79 Å². The van der Waals surface area contributed by atoms with Crippen LogP contribution in [0.2, 0.25) is 5.02 Å². The van der Waals surface area contributed by atoms with Crippen molar-refractivity contribution >= 4 is 17.6 Å². The van der Waals surface area contributed by atoms with E-state index in [9.17, 15) is 9.90 Å². The molecule has 0 aromatic heterocycles. The van der Waals surface area contributed by atoms with Crippen LogP contribution in [0.25, 0.3) is 0 Å². The van der Waals surface area contributed by atoms with E-state index >= 15 is 0 Å². The first kappa shape index (κ1) is 11.5. The molecule has 6 heteroatoms. The van der Waals surface area contributed by atoms with Gasteiger partial charge < -0.3 is 19.7 Å². The molecule has 3 rings (SSSR count). The highest BCUT2D eigenvalue weighted by atomic mass is 35.5. The van der Waals surface area contributed by atoms with Gasteiger partial charge in [-0.2, -0.15) is 0 Å². The van der Waals surface area contributed by atoms with E-state index in [0.717, 1.165) is 0 Å². The van der Waals surface area contributed by atoms with E-state index in [2.05, 4.69) is 0 Å². The van der Waals surface area contributed by atoms with E-state index in [-0.39, 0.29) is 24.0 Å². The second-order valence-electron chi connectivity index (χ2n) is 4.67. The number of carboxylic acid groups (broad SMARTS) is 1. The molecule has 0 atom stereocenters. The number of fused-ring (bicyclic) bond motifs is 1. The number of benzene rings is 1. The van der Waals surface area contributed by atoms with Crippen LogP contribution in [0.1, 0.15) is 24.8 Å². The highest BCUT2D eigenvalue weighted by Crippen LogP contribution is 2.60. The van der Waals surface area contributed by atoms with Gasteiger partial charge in [0.1, 0.15) is 5.75 Å². The van der Waals surface area contributed by atoms with E-state index < -0.39 is 11.4 Å². The molecule has 5 nitrogen and oxygen atoms in total. The lowest BCUT2D eigenvalue weighted by molar-refractivity contribution is -0.137. The maximum absolute atomic E-state index is 10.9. The predicted octanol–water partition coefficient (Wildman–Crippen LogP) is 2.28. The molecule has 1 aliphatic carbocycles. The second-order valence-corrected chi connectivity index (χ2v) is 5.07. The molecule has 0 unspecified atom stereocenters. The Labute approximate surface area is 108 Å². The molecule has 0 amide bonds. The van der Waals surface area contributed by atoms with Gasteiger partial charge in [0.05, 0.1) is 11.4 Å². The molecule has 0 spiro atoms. The highest BCUT2D eigenvalue weighted by molar-refractivity contribution is 6.32. The Morgan fingerprint density at radius 3 is 2.78 bits per heavy atom. The maximum Gasteiger partial charge on any atom is 0.304 e. The first-order chi connectivity index (χ1) is 8.53. The fourth-order valence-corrected chi connectivity index (χ4v) is 2.64. The summed E-state index contributed by atoms with van der Waals surface area (Å²) in [6.45, 7) is 0.0608. The minimum atomic E-state index is -0.903. The number of ether oxygens (including phenoxy) is 2. The third-order valence-corrected chi connectivity index (χ3v) is 3.75. The first-order valence-electron chi connectivity index (χ1n) is 5.57. The van der Waals surface area contributed by atoms with Gasteiger partial charge in [0.2, 0.25) is 6.79 Å². The summed E-state index contributed by atoms with van der Waals surface area (Å²) in [4.78, 5) is 10.9. The second kappa shape index (κ2) is 3.68. The summed E-state index contributed by atoms with van der Waals surface area (Å²) in [5.74, 6) is -0.112. The van der Waals surface area contributed by atoms with Crippen LogP contribution in [-0.2, 0) is 10.2 Å². The fourth-order valence-electron chi connectivity index (χ4n) is 2.45. The lowest BCUT2D eigenvalue weighted by Gasteiger charge is -2.17. The van der Waals surface area contributed by atoms with Crippen LogP contribution < -0.4 is 9.47 Å². The molecule has 0 bridgehead atoms. The van der Waals surface area contributed by atoms with Crippen LogP contribution in [-0.4, -0.2) is 23.0 Å². The first-order valence-corrected chi connectivity index (χ1v) is 5.95. The minimum Gasteiger partial charge on any atom is -0.506 e. The van der Waals surface area contributed by atoms with Crippen LogP contribution in [0.3, 0.4) is 0 Å². The SMILES string of the molecule is O=C(O)CC1(c2c(O)c(Cl)cc3c2OCO3)CC1. The Balaban J connectivity index is 2.14. The molecular formula is C12H11ClO5. The number of halogens is 1. The van der Waals surface area contributed by atoms with Gasteiger partial charge in [-0.25, -0.2) is 0 Å². The predicted molar refractivity (Wildman–Crippen MR) is 62.4 cm³/mol. The van der Waals surface area contributed by atoms with Crippen LogP contribution in [0.4, 0.5) is 0 Å². The van der Waals surface area contributed by atoms with Crippen molar-refractivity contribution in [3.63, 3.8) is 0 Å². The van der Waals surface area contributed by atoms with Gasteiger partial charge in [-0.15, -0.1) is 0 Å². The summed E-state index contributed by atoms with van der Waals surface area (Å²) in [6.07, 6.45) is 1.35. The molecule has 1 aliphatic heterocycles. The Bertz CT molecular complexity index is 536. The zero-order chi connectivity index (χ0) is 12.9. The third kappa shape index (κ3) is 1.58. The normalized spacial score (nSPS) is 18.7. The molecule has 0 saturated heterocycles. The monoisotopic (exact) mass is 270 g/mol. The molecule has 1 aromatic rings. The molecule has 96 valence electrons. The highest BCUT2D eigenvalue weighted by Gasteiger charge is 2.51. The minimum absolute atomic E-state index is 0.0449. The summed E-state index contributed by atoms with van der Waals surface area (Å²) in [7, 11) is 0. The molecule has 1 aromatic carbocycles. The lowest BCUT2D eigenvalue weighted by Crippen LogP contribution is -2.14. The van der Waals surface area contributed by atoms with Crippen LogP contribution >= 0.6 is 11.6 Å². The number of phenols is 1. The number of rotatable bonds is 3. The van der Waals surface area contributed by atoms with E-state index in [1.807, 2.05) is 0 Å².